The van der Waals surface area contributed by atoms with Crippen molar-refractivity contribution in [1.29, 1.82) is 0 Å². The van der Waals surface area contributed by atoms with Gasteiger partial charge in [-0.2, -0.15) is 0 Å². The predicted molar refractivity (Wildman–Crippen MR) is 53.0 cm³/mol. The smallest absolute Gasteiger partial charge is 0.171 e. The molecule has 0 aliphatic heterocycles. The maximum absolute atomic E-state index is 10.8. The second-order valence-electron chi connectivity index (χ2n) is 2.04. The van der Waals surface area contributed by atoms with Crippen LogP contribution in [0.3, 0.4) is 0 Å². The minimum atomic E-state index is -3.24. The number of rotatable bonds is 1. The largest absolute Gasteiger partial charge is 0.399 e. The summed E-state index contributed by atoms with van der Waals surface area (Å²) in [5.74, 6) is 0. The van der Waals surface area contributed by atoms with Gasteiger partial charge in [0.25, 0.3) is 0 Å². The first-order valence-corrected chi connectivity index (χ1v) is 5.27. The van der Waals surface area contributed by atoms with E-state index in [9.17, 15) is 4.21 Å². The van der Waals surface area contributed by atoms with Crippen LogP contribution < -0.4 is 5.73 Å². The molecule has 3 N–H and O–H groups in total. The normalized spacial score (nSPS) is 14.4. The van der Waals surface area contributed by atoms with Gasteiger partial charge in [0.1, 0.15) is 0 Å². The fourth-order valence-corrected chi connectivity index (χ4v) is 1.45. The number of nitrogens with two attached hydrogens (primary N) is 1. The SMILES string of the molecule is Nc1ccc(S(=O)(O)=S)cc1.[Na]. The van der Waals surface area contributed by atoms with Gasteiger partial charge in [0.15, 0.2) is 8.77 Å². The van der Waals surface area contributed by atoms with E-state index in [4.69, 9.17) is 10.3 Å². The minimum absolute atomic E-state index is 0. The molecule has 0 aliphatic rings. The molecule has 0 spiro atoms. The molecule has 0 aliphatic carbocycles. The molecule has 1 atom stereocenters. The summed E-state index contributed by atoms with van der Waals surface area (Å²) >= 11 is 4.34. The van der Waals surface area contributed by atoms with Gasteiger partial charge < -0.3 is 10.3 Å². The molecular formula is C6H7NNaO2S2. The Balaban J connectivity index is 0.00000121. The van der Waals surface area contributed by atoms with Crippen molar-refractivity contribution >= 4 is 55.2 Å². The molecule has 0 heterocycles. The van der Waals surface area contributed by atoms with Crippen molar-refractivity contribution in [3.05, 3.63) is 24.3 Å². The van der Waals surface area contributed by atoms with Gasteiger partial charge in [0.05, 0.1) is 4.90 Å². The Hall–Kier alpha value is 0.350. The molecule has 0 saturated carbocycles. The molecule has 0 bridgehead atoms. The Morgan fingerprint density at radius 1 is 1.33 bits per heavy atom. The Kier molecular flexibility index (Phi) is 4.68. The molecule has 61 valence electrons. The monoisotopic (exact) mass is 212 g/mol. The van der Waals surface area contributed by atoms with Crippen molar-refractivity contribution in [2.45, 2.75) is 4.90 Å². The molecule has 6 heteroatoms. The summed E-state index contributed by atoms with van der Waals surface area (Å²) in [5.41, 5.74) is 5.91. The van der Waals surface area contributed by atoms with Crippen molar-refractivity contribution in [3.63, 3.8) is 0 Å². The number of hydrogen-bond acceptors (Lipinski definition) is 3. The molecule has 0 amide bonds. The zero-order chi connectivity index (χ0) is 8.48. The van der Waals surface area contributed by atoms with Crippen LogP contribution in [-0.2, 0) is 20.0 Å². The van der Waals surface area contributed by atoms with E-state index < -0.39 is 8.77 Å². The number of nitrogen functional groups attached to an aromatic ring is 1. The van der Waals surface area contributed by atoms with Crippen LogP contribution in [0.5, 0.6) is 0 Å². The summed E-state index contributed by atoms with van der Waals surface area (Å²) in [6.07, 6.45) is 0. The van der Waals surface area contributed by atoms with Crippen LogP contribution in [-0.4, -0.2) is 38.3 Å². The molecule has 1 rings (SSSR count). The number of anilines is 1. The van der Waals surface area contributed by atoms with E-state index in [0.717, 1.165) is 0 Å². The van der Waals surface area contributed by atoms with Gasteiger partial charge in [-0.25, -0.2) is 4.21 Å². The van der Waals surface area contributed by atoms with Gasteiger partial charge >= 0.3 is 0 Å². The molecule has 0 saturated heterocycles. The van der Waals surface area contributed by atoms with E-state index in [-0.39, 0.29) is 34.5 Å². The summed E-state index contributed by atoms with van der Waals surface area (Å²) in [7, 11) is -3.24. The van der Waals surface area contributed by atoms with Gasteiger partial charge in [-0.1, -0.05) is 0 Å². The summed E-state index contributed by atoms with van der Waals surface area (Å²) in [6.45, 7) is 0. The van der Waals surface area contributed by atoms with E-state index in [2.05, 4.69) is 11.2 Å². The molecular weight excluding hydrogens is 205 g/mol. The van der Waals surface area contributed by atoms with Crippen LogP contribution in [0.4, 0.5) is 5.69 Å². The van der Waals surface area contributed by atoms with E-state index in [1.54, 1.807) is 0 Å². The third-order valence-electron chi connectivity index (χ3n) is 1.18. The van der Waals surface area contributed by atoms with E-state index in [1.807, 2.05) is 0 Å². The van der Waals surface area contributed by atoms with E-state index in [1.165, 1.54) is 24.3 Å². The molecule has 12 heavy (non-hydrogen) atoms. The Labute approximate surface area is 98.1 Å². The molecule has 1 aromatic rings. The minimum Gasteiger partial charge on any atom is -0.399 e. The number of benzene rings is 1. The Morgan fingerprint density at radius 3 is 2.08 bits per heavy atom. The number of hydrogen-bond donors (Lipinski definition) is 2. The topological polar surface area (TPSA) is 63.3 Å². The third kappa shape index (κ3) is 3.38. The van der Waals surface area contributed by atoms with Gasteiger partial charge in [0, 0.05) is 46.4 Å². The third-order valence-corrected chi connectivity index (χ3v) is 2.62. The predicted octanol–water partition coefficient (Wildman–Crippen LogP) is 0.466. The summed E-state index contributed by atoms with van der Waals surface area (Å²) in [4.78, 5) is 0.224. The maximum atomic E-state index is 10.8. The molecule has 0 fully saturated rings. The molecule has 1 aromatic carbocycles. The Morgan fingerprint density at radius 2 is 1.75 bits per heavy atom. The van der Waals surface area contributed by atoms with Crippen molar-refractivity contribution in [2.75, 3.05) is 5.73 Å². The van der Waals surface area contributed by atoms with Crippen LogP contribution >= 0.6 is 0 Å². The summed E-state index contributed by atoms with van der Waals surface area (Å²) in [6, 6.07) is 5.98. The summed E-state index contributed by atoms with van der Waals surface area (Å²) < 4.78 is 19.7. The van der Waals surface area contributed by atoms with E-state index >= 15 is 0 Å². The first kappa shape index (κ1) is 12.3. The average Bonchev–Trinajstić information content (AvgIpc) is 1.86. The van der Waals surface area contributed by atoms with Crippen molar-refractivity contribution in [2.24, 2.45) is 0 Å². The van der Waals surface area contributed by atoms with Crippen LogP contribution in [0.1, 0.15) is 0 Å². The van der Waals surface area contributed by atoms with Gasteiger partial charge in [-0.05, 0) is 24.3 Å². The van der Waals surface area contributed by atoms with Crippen LogP contribution in [0.25, 0.3) is 0 Å². The van der Waals surface area contributed by atoms with Gasteiger partial charge in [-0.15, -0.1) is 0 Å². The zero-order valence-corrected chi connectivity index (χ0v) is 10.2. The van der Waals surface area contributed by atoms with Crippen molar-refractivity contribution in [3.8, 4) is 0 Å². The quantitative estimate of drug-likeness (QED) is 0.524. The second-order valence-corrected chi connectivity index (χ2v) is 4.82. The van der Waals surface area contributed by atoms with Crippen LogP contribution in [0, 0.1) is 0 Å². The van der Waals surface area contributed by atoms with Crippen molar-refractivity contribution in [1.82, 2.24) is 0 Å². The molecule has 3 nitrogen and oxygen atoms in total. The van der Waals surface area contributed by atoms with Gasteiger partial charge in [0.2, 0.25) is 0 Å². The van der Waals surface area contributed by atoms with Crippen LogP contribution in [0.15, 0.2) is 29.2 Å². The maximum Gasteiger partial charge on any atom is 0.171 e. The standard InChI is InChI=1S/C6H7NO2S2.Na/c7-5-1-3-6(4-2-5)11(8,9)10;/h1-4H,7H2,(H,8,9,10);. The summed E-state index contributed by atoms with van der Waals surface area (Å²) in [5, 5.41) is 0. The zero-order valence-electron chi connectivity index (χ0n) is 6.56. The average molecular weight is 212 g/mol. The second kappa shape index (κ2) is 4.55. The molecule has 1 radical (unpaired) electrons. The van der Waals surface area contributed by atoms with Crippen LogP contribution in [0.2, 0.25) is 0 Å². The fraction of sp³-hybridized carbons (Fsp3) is 0. The van der Waals surface area contributed by atoms with Crippen molar-refractivity contribution < 1.29 is 8.76 Å². The van der Waals surface area contributed by atoms with E-state index in [0.29, 0.717) is 5.69 Å². The Bertz CT molecular complexity index is 346. The molecule has 0 aromatic heterocycles. The molecule has 1 unspecified atom stereocenters. The first-order chi connectivity index (χ1) is 5.00. The fourth-order valence-electron chi connectivity index (χ4n) is 0.640. The first-order valence-electron chi connectivity index (χ1n) is 2.83. The van der Waals surface area contributed by atoms with Gasteiger partial charge in [-0.3, -0.25) is 0 Å².